The zero-order valence-corrected chi connectivity index (χ0v) is 11.4. The van der Waals surface area contributed by atoms with E-state index in [0.29, 0.717) is 12.6 Å². The van der Waals surface area contributed by atoms with Crippen molar-refractivity contribution in [2.24, 2.45) is 0 Å². The summed E-state index contributed by atoms with van der Waals surface area (Å²) in [6, 6.07) is 8.65. The van der Waals surface area contributed by atoms with Crippen molar-refractivity contribution in [1.29, 1.82) is 0 Å². The van der Waals surface area contributed by atoms with Gasteiger partial charge in [-0.3, -0.25) is 4.79 Å². The van der Waals surface area contributed by atoms with Crippen molar-refractivity contribution in [1.82, 2.24) is 10.2 Å². The van der Waals surface area contributed by atoms with Crippen LogP contribution in [0.3, 0.4) is 0 Å². The van der Waals surface area contributed by atoms with E-state index in [2.05, 4.69) is 43.4 Å². The fraction of sp³-hybridized carbons (Fsp3) is 0.533. The van der Waals surface area contributed by atoms with Crippen LogP contribution in [0.5, 0.6) is 0 Å². The van der Waals surface area contributed by atoms with Crippen molar-refractivity contribution in [3.8, 4) is 0 Å². The van der Waals surface area contributed by atoms with Gasteiger partial charge in [-0.1, -0.05) is 29.8 Å². The molecule has 1 fully saturated rings. The minimum Gasteiger partial charge on any atom is -0.334 e. The normalized spacial score (nSPS) is 25.1. The van der Waals surface area contributed by atoms with Gasteiger partial charge in [0.15, 0.2) is 0 Å². The van der Waals surface area contributed by atoms with E-state index in [1.54, 1.807) is 0 Å². The first-order chi connectivity index (χ1) is 8.58. The van der Waals surface area contributed by atoms with Gasteiger partial charge in [-0.2, -0.15) is 0 Å². The highest BCUT2D eigenvalue weighted by molar-refractivity contribution is 5.82. The molecule has 1 N–H and O–H groups in total. The molecule has 0 bridgehead atoms. The van der Waals surface area contributed by atoms with Crippen LogP contribution in [0.25, 0.3) is 0 Å². The second-order valence-corrected chi connectivity index (χ2v) is 5.27. The second-order valence-electron chi connectivity index (χ2n) is 5.27. The quantitative estimate of drug-likeness (QED) is 0.866. The van der Waals surface area contributed by atoms with Gasteiger partial charge in [0.05, 0.1) is 6.04 Å². The first-order valence-corrected chi connectivity index (χ1v) is 6.67. The van der Waals surface area contributed by atoms with E-state index in [-0.39, 0.29) is 11.9 Å². The van der Waals surface area contributed by atoms with Crippen molar-refractivity contribution >= 4 is 5.91 Å². The maximum atomic E-state index is 12.3. The van der Waals surface area contributed by atoms with Crippen LogP contribution in [0.2, 0.25) is 0 Å². The number of amides is 1. The topological polar surface area (TPSA) is 32.3 Å². The second kappa shape index (κ2) is 5.53. The largest absolute Gasteiger partial charge is 0.334 e. The summed E-state index contributed by atoms with van der Waals surface area (Å²) in [5.41, 5.74) is 2.46. The zero-order chi connectivity index (χ0) is 13.1. The van der Waals surface area contributed by atoms with E-state index >= 15 is 0 Å². The molecule has 0 aromatic heterocycles. The van der Waals surface area contributed by atoms with Crippen molar-refractivity contribution in [2.75, 3.05) is 6.54 Å². The molecule has 2 unspecified atom stereocenters. The minimum absolute atomic E-state index is 0.0691. The van der Waals surface area contributed by atoms with Gasteiger partial charge < -0.3 is 10.2 Å². The van der Waals surface area contributed by atoms with Crippen LogP contribution in [0.1, 0.15) is 31.4 Å². The predicted octanol–water partition coefficient (Wildman–Crippen LogP) is 2.09. The Labute approximate surface area is 109 Å². The fourth-order valence-electron chi connectivity index (χ4n) is 2.34. The number of nitrogens with zero attached hydrogens (tertiary/aromatic N) is 1. The van der Waals surface area contributed by atoms with E-state index in [4.69, 9.17) is 0 Å². The van der Waals surface area contributed by atoms with Crippen molar-refractivity contribution in [3.05, 3.63) is 35.4 Å². The molecule has 3 nitrogen and oxygen atoms in total. The molecule has 1 heterocycles. The minimum atomic E-state index is -0.0691. The number of carbonyl (C=O) groups excluding carboxylic acids is 1. The van der Waals surface area contributed by atoms with Crippen LogP contribution in [-0.2, 0) is 11.3 Å². The molecule has 0 saturated carbocycles. The third kappa shape index (κ3) is 2.91. The van der Waals surface area contributed by atoms with Gasteiger partial charge in [0.25, 0.3) is 0 Å². The Morgan fingerprint density at radius 1 is 1.28 bits per heavy atom. The van der Waals surface area contributed by atoms with E-state index in [0.717, 1.165) is 13.0 Å². The highest BCUT2D eigenvalue weighted by atomic mass is 16.2. The summed E-state index contributed by atoms with van der Waals surface area (Å²) in [5.74, 6) is 0.209. The average Bonchev–Trinajstić information content (AvgIpc) is 2.46. The van der Waals surface area contributed by atoms with Crippen molar-refractivity contribution in [2.45, 2.75) is 45.8 Å². The Balaban J connectivity index is 2.14. The summed E-state index contributed by atoms with van der Waals surface area (Å²) in [6.45, 7) is 7.79. The van der Waals surface area contributed by atoms with Crippen LogP contribution in [-0.4, -0.2) is 29.4 Å². The Bertz CT molecular complexity index is 413. The van der Waals surface area contributed by atoms with Gasteiger partial charge in [-0.15, -0.1) is 0 Å². The standard InChI is InChI=1S/C15H22N2O/c1-11-4-6-14(7-5-11)10-17-12(2)8-9-16-13(3)15(17)18/h4-7,12-13,16H,8-10H2,1-3H3. The van der Waals surface area contributed by atoms with Gasteiger partial charge in [0, 0.05) is 12.6 Å². The number of hydrogen-bond donors (Lipinski definition) is 1. The molecule has 0 radical (unpaired) electrons. The molecule has 2 rings (SSSR count). The van der Waals surface area contributed by atoms with Gasteiger partial charge in [-0.05, 0) is 39.3 Å². The molecule has 1 saturated heterocycles. The van der Waals surface area contributed by atoms with Gasteiger partial charge >= 0.3 is 0 Å². The summed E-state index contributed by atoms with van der Waals surface area (Å²) in [5, 5.41) is 3.26. The summed E-state index contributed by atoms with van der Waals surface area (Å²) < 4.78 is 0. The number of rotatable bonds is 2. The lowest BCUT2D eigenvalue weighted by molar-refractivity contribution is -0.134. The lowest BCUT2D eigenvalue weighted by atomic mass is 10.1. The van der Waals surface area contributed by atoms with Gasteiger partial charge in [-0.25, -0.2) is 0 Å². The molecule has 3 heteroatoms. The summed E-state index contributed by atoms with van der Waals surface area (Å²) in [7, 11) is 0. The molecule has 2 atom stereocenters. The molecule has 0 aliphatic carbocycles. The SMILES string of the molecule is Cc1ccc(CN2C(=O)C(C)NCCC2C)cc1. The Morgan fingerprint density at radius 3 is 2.61 bits per heavy atom. The average molecular weight is 246 g/mol. The molecule has 1 aliphatic heterocycles. The fourth-order valence-corrected chi connectivity index (χ4v) is 2.34. The van der Waals surface area contributed by atoms with Gasteiger partial charge in [0.2, 0.25) is 5.91 Å². The number of hydrogen-bond acceptors (Lipinski definition) is 2. The van der Waals surface area contributed by atoms with E-state index in [1.165, 1.54) is 11.1 Å². The highest BCUT2D eigenvalue weighted by Crippen LogP contribution is 2.15. The van der Waals surface area contributed by atoms with E-state index in [9.17, 15) is 4.79 Å². The van der Waals surface area contributed by atoms with Crippen LogP contribution in [0.4, 0.5) is 0 Å². The number of carbonyl (C=O) groups is 1. The van der Waals surface area contributed by atoms with Crippen LogP contribution in [0, 0.1) is 6.92 Å². The Hall–Kier alpha value is -1.35. The molecule has 1 aromatic rings. The first-order valence-electron chi connectivity index (χ1n) is 6.67. The smallest absolute Gasteiger partial charge is 0.239 e. The number of benzene rings is 1. The van der Waals surface area contributed by atoms with Gasteiger partial charge in [0.1, 0.15) is 0 Å². The van der Waals surface area contributed by atoms with E-state index in [1.807, 2.05) is 11.8 Å². The Kier molecular flexibility index (Phi) is 4.02. The third-order valence-corrected chi connectivity index (χ3v) is 3.67. The summed E-state index contributed by atoms with van der Waals surface area (Å²) >= 11 is 0. The lowest BCUT2D eigenvalue weighted by Crippen LogP contribution is -2.43. The molecular weight excluding hydrogens is 224 g/mol. The number of nitrogens with one attached hydrogen (secondary N) is 1. The highest BCUT2D eigenvalue weighted by Gasteiger charge is 2.27. The summed E-state index contributed by atoms with van der Waals surface area (Å²) in [6.07, 6.45) is 1.02. The molecule has 1 amide bonds. The zero-order valence-electron chi connectivity index (χ0n) is 11.4. The Morgan fingerprint density at radius 2 is 1.94 bits per heavy atom. The number of aryl methyl sites for hydroxylation is 1. The molecule has 1 aromatic carbocycles. The molecule has 0 spiro atoms. The third-order valence-electron chi connectivity index (χ3n) is 3.67. The molecule has 1 aliphatic rings. The molecule has 98 valence electrons. The maximum Gasteiger partial charge on any atom is 0.239 e. The van der Waals surface area contributed by atoms with Crippen LogP contribution >= 0.6 is 0 Å². The molecule has 18 heavy (non-hydrogen) atoms. The maximum absolute atomic E-state index is 12.3. The van der Waals surface area contributed by atoms with Crippen LogP contribution in [0.15, 0.2) is 24.3 Å². The monoisotopic (exact) mass is 246 g/mol. The predicted molar refractivity (Wildman–Crippen MR) is 73.3 cm³/mol. The van der Waals surface area contributed by atoms with Crippen LogP contribution < -0.4 is 5.32 Å². The molecular formula is C15H22N2O. The van der Waals surface area contributed by atoms with E-state index < -0.39 is 0 Å². The lowest BCUT2D eigenvalue weighted by Gasteiger charge is -2.28. The summed E-state index contributed by atoms with van der Waals surface area (Å²) in [4.78, 5) is 14.3. The van der Waals surface area contributed by atoms with Crippen molar-refractivity contribution in [3.63, 3.8) is 0 Å². The van der Waals surface area contributed by atoms with Crippen molar-refractivity contribution < 1.29 is 4.79 Å². The first kappa shape index (κ1) is 13.1.